The first kappa shape index (κ1) is 10.8. The Kier molecular flexibility index (Phi) is 3.10. The fourth-order valence-electron chi connectivity index (χ4n) is 1.14. The highest BCUT2D eigenvalue weighted by molar-refractivity contribution is 5.91. The van der Waals surface area contributed by atoms with E-state index in [9.17, 15) is 10.0 Å². The van der Waals surface area contributed by atoms with Gasteiger partial charge in [0.05, 0.1) is 0 Å². The van der Waals surface area contributed by atoms with Gasteiger partial charge in [-0.25, -0.2) is 9.97 Å². The van der Waals surface area contributed by atoms with Gasteiger partial charge in [-0.1, -0.05) is 0 Å². The SMILES string of the molecule is O=C(NNc1ncccn1)c1cccc[n+]1[O-]. The van der Waals surface area contributed by atoms with Gasteiger partial charge in [0.2, 0.25) is 5.95 Å². The Balaban J connectivity index is 2.01. The zero-order valence-electron chi connectivity index (χ0n) is 8.70. The van der Waals surface area contributed by atoms with E-state index in [4.69, 9.17) is 0 Å². The van der Waals surface area contributed by atoms with E-state index in [1.54, 1.807) is 12.1 Å². The van der Waals surface area contributed by atoms with Gasteiger partial charge >= 0.3 is 5.91 Å². The van der Waals surface area contributed by atoms with Gasteiger partial charge in [0.15, 0.2) is 6.20 Å². The third-order valence-electron chi connectivity index (χ3n) is 1.91. The highest BCUT2D eigenvalue weighted by Gasteiger charge is 2.14. The van der Waals surface area contributed by atoms with Gasteiger partial charge in [0.25, 0.3) is 5.69 Å². The predicted molar refractivity (Wildman–Crippen MR) is 58.5 cm³/mol. The number of carbonyl (C=O) groups excluding carboxylic acids is 1. The van der Waals surface area contributed by atoms with Gasteiger partial charge < -0.3 is 5.21 Å². The number of hydrogen-bond acceptors (Lipinski definition) is 5. The molecule has 0 spiro atoms. The van der Waals surface area contributed by atoms with Crippen LogP contribution in [0.25, 0.3) is 0 Å². The van der Waals surface area contributed by atoms with Crippen LogP contribution in [0.2, 0.25) is 0 Å². The minimum atomic E-state index is -0.562. The third kappa shape index (κ3) is 2.65. The molecule has 0 saturated heterocycles. The van der Waals surface area contributed by atoms with Crippen LogP contribution in [-0.4, -0.2) is 15.9 Å². The molecule has 0 aliphatic rings. The second kappa shape index (κ2) is 4.88. The summed E-state index contributed by atoms with van der Waals surface area (Å²) in [4.78, 5) is 19.3. The lowest BCUT2D eigenvalue weighted by Gasteiger charge is -2.06. The fraction of sp³-hybridized carbons (Fsp3) is 0. The number of nitrogens with one attached hydrogen (secondary N) is 2. The van der Waals surface area contributed by atoms with Crippen molar-refractivity contribution < 1.29 is 9.52 Å². The summed E-state index contributed by atoms with van der Waals surface area (Å²) in [6, 6.07) is 6.20. The number of carbonyl (C=O) groups is 1. The summed E-state index contributed by atoms with van der Waals surface area (Å²) in [5.41, 5.74) is 4.80. The molecule has 2 aromatic rings. The maximum atomic E-state index is 11.6. The molecule has 0 fully saturated rings. The number of hydrogen-bond donors (Lipinski definition) is 2. The first-order valence-corrected chi connectivity index (χ1v) is 4.79. The Labute approximate surface area is 96.7 Å². The van der Waals surface area contributed by atoms with Crippen LogP contribution >= 0.6 is 0 Å². The van der Waals surface area contributed by atoms with Crippen molar-refractivity contribution in [1.82, 2.24) is 15.4 Å². The summed E-state index contributed by atoms with van der Waals surface area (Å²) >= 11 is 0. The minimum Gasteiger partial charge on any atom is -0.618 e. The molecule has 0 aromatic carbocycles. The standard InChI is InChI=1S/C10H9N5O2/c16-9(8-4-1-2-7-15(8)17)13-14-10-11-5-3-6-12-10/h1-7H,(H,13,16)(H,11,12,14). The van der Waals surface area contributed by atoms with Crippen molar-refractivity contribution >= 4 is 11.9 Å². The third-order valence-corrected chi connectivity index (χ3v) is 1.91. The molecule has 0 saturated carbocycles. The summed E-state index contributed by atoms with van der Waals surface area (Å²) in [5, 5.41) is 11.3. The van der Waals surface area contributed by atoms with Crippen LogP contribution in [0.1, 0.15) is 10.5 Å². The van der Waals surface area contributed by atoms with Crippen LogP contribution in [0.15, 0.2) is 42.9 Å². The number of aromatic nitrogens is 3. The molecule has 86 valence electrons. The Hall–Kier alpha value is -2.70. The molecule has 0 aliphatic carbocycles. The smallest absolute Gasteiger partial charge is 0.335 e. The molecule has 0 radical (unpaired) electrons. The lowest BCUT2D eigenvalue weighted by molar-refractivity contribution is -0.607. The lowest BCUT2D eigenvalue weighted by Crippen LogP contribution is -2.41. The van der Waals surface area contributed by atoms with E-state index in [0.717, 1.165) is 0 Å². The second-order valence-electron chi connectivity index (χ2n) is 3.06. The van der Waals surface area contributed by atoms with E-state index in [2.05, 4.69) is 20.8 Å². The summed E-state index contributed by atoms with van der Waals surface area (Å²) in [6.07, 6.45) is 4.30. The molecule has 0 aliphatic heterocycles. The van der Waals surface area contributed by atoms with E-state index in [-0.39, 0.29) is 11.6 Å². The van der Waals surface area contributed by atoms with Crippen LogP contribution in [0.3, 0.4) is 0 Å². The average Bonchev–Trinajstić information content (AvgIpc) is 2.38. The molecule has 1 amide bonds. The molecule has 0 unspecified atom stereocenters. The molecule has 2 N–H and O–H groups in total. The van der Waals surface area contributed by atoms with Crippen molar-refractivity contribution in [2.24, 2.45) is 0 Å². The number of hydrazine groups is 1. The van der Waals surface area contributed by atoms with Crippen LogP contribution in [-0.2, 0) is 0 Å². The van der Waals surface area contributed by atoms with Crippen LogP contribution in [0, 0.1) is 5.21 Å². The molecule has 0 bridgehead atoms. The van der Waals surface area contributed by atoms with Crippen molar-refractivity contribution in [2.45, 2.75) is 0 Å². The highest BCUT2D eigenvalue weighted by atomic mass is 16.5. The van der Waals surface area contributed by atoms with Crippen molar-refractivity contribution in [3.8, 4) is 0 Å². The van der Waals surface area contributed by atoms with E-state index >= 15 is 0 Å². The number of rotatable bonds is 3. The van der Waals surface area contributed by atoms with Crippen molar-refractivity contribution in [1.29, 1.82) is 0 Å². The maximum Gasteiger partial charge on any atom is 0.335 e. The Bertz CT molecular complexity index is 517. The first-order valence-electron chi connectivity index (χ1n) is 4.79. The molecular formula is C10H9N5O2. The Morgan fingerprint density at radius 3 is 2.71 bits per heavy atom. The molecule has 7 heteroatoms. The van der Waals surface area contributed by atoms with Gasteiger partial charge in [-0.2, -0.15) is 4.73 Å². The topological polar surface area (TPSA) is 93.8 Å². The highest BCUT2D eigenvalue weighted by Crippen LogP contribution is 1.93. The molecular weight excluding hydrogens is 222 g/mol. The number of pyridine rings is 1. The van der Waals surface area contributed by atoms with Gasteiger partial charge in [-0.05, 0) is 12.1 Å². The zero-order valence-corrected chi connectivity index (χ0v) is 8.70. The molecule has 7 nitrogen and oxygen atoms in total. The van der Waals surface area contributed by atoms with Crippen molar-refractivity contribution in [3.63, 3.8) is 0 Å². The second-order valence-corrected chi connectivity index (χ2v) is 3.06. The molecule has 2 aromatic heterocycles. The van der Waals surface area contributed by atoms with E-state index < -0.39 is 5.91 Å². The van der Waals surface area contributed by atoms with E-state index in [1.165, 1.54) is 30.7 Å². The van der Waals surface area contributed by atoms with Gasteiger partial charge in [0.1, 0.15) is 0 Å². The first-order chi connectivity index (χ1) is 8.27. The Morgan fingerprint density at radius 2 is 2.00 bits per heavy atom. The maximum absolute atomic E-state index is 11.6. The normalized spacial score (nSPS) is 9.65. The molecule has 2 rings (SSSR count). The van der Waals surface area contributed by atoms with Gasteiger partial charge in [-0.15, -0.1) is 0 Å². The predicted octanol–water partition coefficient (Wildman–Crippen LogP) is -0.133. The monoisotopic (exact) mass is 231 g/mol. The van der Waals surface area contributed by atoms with Gasteiger partial charge in [-0.3, -0.25) is 15.6 Å². The van der Waals surface area contributed by atoms with E-state index in [1.807, 2.05) is 0 Å². The van der Waals surface area contributed by atoms with Crippen LogP contribution in [0.5, 0.6) is 0 Å². The summed E-state index contributed by atoms with van der Waals surface area (Å²) < 4.78 is 0.475. The van der Waals surface area contributed by atoms with Crippen molar-refractivity contribution in [3.05, 3.63) is 53.8 Å². The van der Waals surface area contributed by atoms with Gasteiger partial charge in [0, 0.05) is 24.5 Å². The fourth-order valence-corrected chi connectivity index (χ4v) is 1.14. The minimum absolute atomic E-state index is 0.0177. The largest absolute Gasteiger partial charge is 0.618 e. The summed E-state index contributed by atoms with van der Waals surface area (Å²) in [6.45, 7) is 0. The number of nitrogens with zero attached hydrogens (tertiary/aromatic N) is 3. The average molecular weight is 231 g/mol. The number of amides is 1. The Morgan fingerprint density at radius 1 is 1.24 bits per heavy atom. The zero-order chi connectivity index (χ0) is 12.1. The van der Waals surface area contributed by atoms with Crippen LogP contribution in [0.4, 0.5) is 5.95 Å². The molecule has 2 heterocycles. The van der Waals surface area contributed by atoms with Crippen molar-refractivity contribution in [2.75, 3.05) is 5.43 Å². The summed E-state index contributed by atoms with van der Waals surface area (Å²) in [5.74, 6) is -0.317. The van der Waals surface area contributed by atoms with Crippen LogP contribution < -0.4 is 15.6 Å². The lowest BCUT2D eigenvalue weighted by atomic mass is 10.3. The van der Waals surface area contributed by atoms with E-state index in [0.29, 0.717) is 4.73 Å². The molecule has 0 atom stereocenters. The molecule has 17 heavy (non-hydrogen) atoms. The quantitative estimate of drug-likeness (QED) is 0.436. The summed E-state index contributed by atoms with van der Waals surface area (Å²) in [7, 11) is 0. The number of anilines is 1.